The second kappa shape index (κ2) is 9.00. The lowest BCUT2D eigenvalue weighted by atomic mass is 9.90. The topological polar surface area (TPSA) is 91.6 Å². The molecule has 0 bridgehead atoms. The van der Waals surface area contributed by atoms with Crippen LogP contribution in [0.25, 0.3) is 5.69 Å². The van der Waals surface area contributed by atoms with E-state index >= 15 is 0 Å². The van der Waals surface area contributed by atoms with Crippen molar-refractivity contribution in [2.45, 2.75) is 43.0 Å². The Hall–Kier alpha value is -2.33. The monoisotopic (exact) mass is 419 g/mol. The summed E-state index contributed by atoms with van der Waals surface area (Å²) in [6, 6.07) is 5.60. The van der Waals surface area contributed by atoms with Crippen LogP contribution in [0.15, 0.2) is 23.4 Å². The molecule has 2 aromatic rings. The number of nitrogens with zero attached hydrogens (tertiary/aromatic N) is 5. The number of hydrogen-bond acceptors (Lipinski definition) is 8. The van der Waals surface area contributed by atoms with E-state index in [0.29, 0.717) is 35.5 Å². The first-order valence-electron chi connectivity index (χ1n) is 9.76. The highest BCUT2D eigenvalue weighted by Crippen LogP contribution is 2.31. The van der Waals surface area contributed by atoms with Crippen LogP contribution in [0.2, 0.25) is 0 Å². The molecule has 4 rings (SSSR count). The fourth-order valence-electron chi connectivity index (χ4n) is 4.00. The van der Waals surface area contributed by atoms with Crippen LogP contribution < -0.4 is 9.47 Å². The van der Waals surface area contributed by atoms with E-state index in [9.17, 15) is 4.79 Å². The SMILES string of the molecule is COc1ccc(OC)c(-n2nnnc2SCC(=O)N2CCOC3CCCCC32)c1. The molecule has 0 N–H and O–H groups in total. The van der Waals surface area contributed by atoms with Gasteiger partial charge in [-0.3, -0.25) is 4.79 Å². The van der Waals surface area contributed by atoms with Gasteiger partial charge in [-0.1, -0.05) is 24.6 Å². The van der Waals surface area contributed by atoms with Crippen LogP contribution in [0, 0.1) is 0 Å². The minimum atomic E-state index is 0.0994. The normalized spacial score (nSPS) is 21.5. The Balaban J connectivity index is 1.48. The third kappa shape index (κ3) is 4.18. The number of methoxy groups -OCH3 is 2. The van der Waals surface area contributed by atoms with Crippen molar-refractivity contribution in [2.24, 2.45) is 0 Å². The molecule has 156 valence electrons. The van der Waals surface area contributed by atoms with Gasteiger partial charge in [-0.2, -0.15) is 4.68 Å². The second-order valence-corrected chi connectivity index (χ2v) is 7.99. The number of carbonyl (C=O) groups is 1. The largest absolute Gasteiger partial charge is 0.497 e. The van der Waals surface area contributed by atoms with Crippen LogP contribution in [-0.4, -0.2) is 76.3 Å². The Morgan fingerprint density at radius 1 is 1.28 bits per heavy atom. The zero-order valence-corrected chi connectivity index (χ0v) is 17.4. The maximum atomic E-state index is 12.9. The number of fused-ring (bicyclic) bond motifs is 1. The molecular formula is C19H25N5O4S. The van der Waals surface area contributed by atoms with Gasteiger partial charge in [-0.25, -0.2) is 0 Å². The van der Waals surface area contributed by atoms with Crippen molar-refractivity contribution in [3.05, 3.63) is 18.2 Å². The van der Waals surface area contributed by atoms with E-state index < -0.39 is 0 Å². The summed E-state index contributed by atoms with van der Waals surface area (Å²) in [6.07, 6.45) is 4.55. The summed E-state index contributed by atoms with van der Waals surface area (Å²) in [5.41, 5.74) is 0.658. The van der Waals surface area contributed by atoms with Gasteiger partial charge < -0.3 is 19.1 Å². The Kier molecular flexibility index (Phi) is 6.19. The summed E-state index contributed by atoms with van der Waals surface area (Å²) in [4.78, 5) is 14.9. The maximum absolute atomic E-state index is 12.9. The van der Waals surface area contributed by atoms with Gasteiger partial charge in [0.15, 0.2) is 0 Å². The van der Waals surface area contributed by atoms with E-state index in [1.807, 2.05) is 11.0 Å². The Morgan fingerprint density at radius 2 is 2.14 bits per heavy atom. The number of rotatable bonds is 6. The molecule has 1 saturated heterocycles. The van der Waals surface area contributed by atoms with Crippen molar-refractivity contribution in [2.75, 3.05) is 33.1 Å². The number of benzene rings is 1. The van der Waals surface area contributed by atoms with E-state index in [1.165, 1.54) is 18.2 Å². The molecule has 1 amide bonds. The van der Waals surface area contributed by atoms with Gasteiger partial charge in [0, 0.05) is 12.6 Å². The second-order valence-electron chi connectivity index (χ2n) is 7.05. The van der Waals surface area contributed by atoms with Crippen molar-refractivity contribution in [3.8, 4) is 17.2 Å². The van der Waals surface area contributed by atoms with Crippen LogP contribution in [0.1, 0.15) is 25.7 Å². The molecular weight excluding hydrogens is 394 g/mol. The first-order valence-corrected chi connectivity index (χ1v) is 10.7. The quantitative estimate of drug-likeness (QED) is 0.656. The third-order valence-corrected chi connectivity index (χ3v) is 6.34. The lowest BCUT2D eigenvalue weighted by Crippen LogP contribution is -2.55. The van der Waals surface area contributed by atoms with Gasteiger partial charge >= 0.3 is 0 Å². The molecule has 10 heteroatoms. The van der Waals surface area contributed by atoms with Crippen LogP contribution in [-0.2, 0) is 9.53 Å². The summed E-state index contributed by atoms with van der Waals surface area (Å²) in [5, 5.41) is 12.5. The number of aromatic nitrogens is 4. The average molecular weight is 420 g/mol. The highest BCUT2D eigenvalue weighted by Gasteiger charge is 2.36. The number of tetrazole rings is 1. The molecule has 29 heavy (non-hydrogen) atoms. The van der Waals surface area contributed by atoms with Crippen molar-refractivity contribution in [3.63, 3.8) is 0 Å². The fraction of sp³-hybridized carbons (Fsp3) is 0.579. The molecule has 1 saturated carbocycles. The predicted molar refractivity (Wildman–Crippen MR) is 107 cm³/mol. The molecule has 2 atom stereocenters. The molecule has 0 radical (unpaired) electrons. The molecule has 1 aromatic heterocycles. The van der Waals surface area contributed by atoms with Crippen molar-refractivity contribution < 1.29 is 19.0 Å². The van der Waals surface area contributed by atoms with E-state index in [1.54, 1.807) is 31.0 Å². The zero-order valence-electron chi connectivity index (χ0n) is 16.6. The Morgan fingerprint density at radius 3 is 2.97 bits per heavy atom. The summed E-state index contributed by atoms with van der Waals surface area (Å²) >= 11 is 1.32. The fourth-order valence-corrected chi connectivity index (χ4v) is 4.77. The van der Waals surface area contributed by atoms with Gasteiger partial charge in [0.2, 0.25) is 11.1 Å². The molecule has 0 spiro atoms. The molecule has 2 fully saturated rings. The molecule has 2 unspecified atom stereocenters. The van der Waals surface area contributed by atoms with Gasteiger partial charge in [0.1, 0.15) is 17.2 Å². The summed E-state index contributed by atoms with van der Waals surface area (Å²) in [6.45, 7) is 1.26. The van der Waals surface area contributed by atoms with E-state index in [2.05, 4.69) is 15.5 Å². The smallest absolute Gasteiger partial charge is 0.233 e. The van der Waals surface area contributed by atoms with Crippen LogP contribution in [0.4, 0.5) is 0 Å². The number of amides is 1. The number of hydrogen-bond donors (Lipinski definition) is 0. The average Bonchev–Trinajstić information content (AvgIpc) is 3.25. The minimum Gasteiger partial charge on any atom is -0.497 e. The van der Waals surface area contributed by atoms with Gasteiger partial charge in [0.05, 0.1) is 38.7 Å². The number of thioether (sulfide) groups is 1. The summed E-state index contributed by atoms with van der Waals surface area (Å²) in [5.74, 6) is 1.66. The van der Waals surface area contributed by atoms with Crippen molar-refractivity contribution in [1.29, 1.82) is 0 Å². The lowest BCUT2D eigenvalue weighted by Gasteiger charge is -2.43. The van der Waals surface area contributed by atoms with Crippen LogP contribution >= 0.6 is 11.8 Å². The molecule has 9 nitrogen and oxygen atoms in total. The van der Waals surface area contributed by atoms with E-state index in [4.69, 9.17) is 14.2 Å². The standard InChI is InChI=1S/C19H25N5O4S/c1-26-13-7-8-16(27-2)15(11-13)24-19(20-21-22-24)29-12-18(25)23-9-10-28-17-6-4-3-5-14(17)23/h7-8,11,14,17H,3-6,9-10,12H2,1-2H3. The number of morpholine rings is 1. The highest BCUT2D eigenvalue weighted by molar-refractivity contribution is 7.99. The zero-order chi connectivity index (χ0) is 20.2. The van der Waals surface area contributed by atoms with Crippen LogP contribution in [0.3, 0.4) is 0 Å². The lowest BCUT2D eigenvalue weighted by molar-refractivity contribution is -0.146. The van der Waals surface area contributed by atoms with Gasteiger partial charge in [-0.15, -0.1) is 5.10 Å². The first-order chi connectivity index (χ1) is 14.2. The summed E-state index contributed by atoms with van der Waals surface area (Å²) < 4.78 is 18.2. The molecule has 1 aromatic carbocycles. The molecule has 2 heterocycles. The first kappa shape index (κ1) is 20.0. The molecule has 1 aliphatic heterocycles. The van der Waals surface area contributed by atoms with Gasteiger partial charge in [-0.05, 0) is 35.4 Å². The van der Waals surface area contributed by atoms with Crippen molar-refractivity contribution in [1.82, 2.24) is 25.1 Å². The highest BCUT2D eigenvalue weighted by atomic mass is 32.2. The van der Waals surface area contributed by atoms with E-state index in [0.717, 1.165) is 19.3 Å². The van der Waals surface area contributed by atoms with Gasteiger partial charge in [0.25, 0.3) is 0 Å². The third-order valence-electron chi connectivity index (χ3n) is 5.43. The van der Waals surface area contributed by atoms with Crippen molar-refractivity contribution >= 4 is 17.7 Å². The Labute approximate surface area is 173 Å². The number of carbonyl (C=O) groups excluding carboxylic acids is 1. The van der Waals surface area contributed by atoms with Crippen LogP contribution in [0.5, 0.6) is 11.5 Å². The summed E-state index contributed by atoms with van der Waals surface area (Å²) in [7, 11) is 3.19. The Bertz CT molecular complexity index is 859. The minimum absolute atomic E-state index is 0.0994. The molecule has 1 aliphatic carbocycles. The molecule has 2 aliphatic rings. The van der Waals surface area contributed by atoms with E-state index in [-0.39, 0.29) is 23.8 Å². The maximum Gasteiger partial charge on any atom is 0.233 e. The number of ether oxygens (including phenoxy) is 3. The predicted octanol–water partition coefficient (Wildman–Crippen LogP) is 1.94.